The highest BCUT2D eigenvalue weighted by Crippen LogP contribution is 2.25. The quantitative estimate of drug-likeness (QED) is 0.899. The molecule has 2 aromatic rings. The maximum absolute atomic E-state index is 13.5. The second-order valence-corrected chi connectivity index (χ2v) is 6.32. The minimum absolute atomic E-state index is 0.0323. The lowest BCUT2D eigenvalue weighted by Crippen LogP contribution is -2.18. The van der Waals surface area contributed by atoms with E-state index in [1.54, 1.807) is 0 Å². The Morgan fingerprint density at radius 3 is 2.74 bits per heavy atom. The first kappa shape index (κ1) is 14.2. The minimum Gasteiger partial charge on any atom is -0.275 e. The van der Waals surface area contributed by atoms with Crippen molar-refractivity contribution in [3.63, 3.8) is 0 Å². The van der Waals surface area contributed by atoms with Crippen LogP contribution in [0.1, 0.15) is 0 Å². The Morgan fingerprint density at radius 2 is 2.16 bits per heavy atom. The summed E-state index contributed by atoms with van der Waals surface area (Å²) in [6, 6.07) is 3.55. The van der Waals surface area contributed by atoms with Crippen molar-refractivity contribution < 1.29 is 12.8 Å². The van der Waals surface area contributed by atoms with Gasteiger partial charge in [0.15, 0.2) is 4.60 Å². The van der Waals surface area contributed by atoms with Gasteiger partial charge in [-0.3, -0.25) is 4.72 Å². The van der Waals surface area contributed by atoms with Crippen LogP contribution in [-0.2, 0) is 17.1 Å². The molecule has 2 rings (SSSR count). The van der Waals surface area contributed by atoms with E-state index in [1.807, 2.05) is 0 Å². The Morgan fingerprint density at radius 1 is 1.47 bits per heavy atom. The van der Waals surface area contributed by atoms with E-state index in [1.165, 1.54) is 19.2 Å². The van der Waals surface area contributed by atoms with Crippen LogP contribution in [0, 0.1) is 5.82 Å². The zero-order valence-electron chi connectivity index (χ0n) is 9.43. The number of sulfonamides is 1. The number of nitrogens with zero attached hydrogens (tertiary/aromatic N) is 3. The molecule has 19 heavy (non-hydrogen) atoms. The Balaban J connectivity index is 2.45. The van der Waals surface area contributed by atoms with Gasteiger partial charge in [-0.2, -0.15) is 8.42 Å². The van der Waals surface area contributed by atoms with Crippen LogP contribution in [0.5, 0.6) is 0 Å². The molecule has 0 amide bonds. The molecule has 0 bridgehead atoms. The summed E-state index contributed by atoms with van der Waals surface area (Å²) < 4.78 is 40.9. The zero-order valence-corrected chi connectivity index (χ0v) is 12.6. The van der Waals surface area contributed by atoms with Crippen molar-refractivity contribution in [1.29, 1.82) is 0 Å². The Kier molecular flexibility index (Phi) is 3.79. The van der Waals surface area contributed by atoms with Crippen molar-refractivity contribution in [2.45, 2.75) is 5.03 Å². The highest BCUT2D eigenvalue weighted by atomic mass is 79.9. The molecule has 0 radical (unpaired) electrons. The third-order valence-corrected chi connectivity index (χ3v) is 4.65. The summed E-state index contributed by atoms with van der Waals surface area (Å²) >= 11 is 8.66. The standard InChI is InChI=1S/C9H7BrClFN4O2S/c1-16-9(8(10)13-15-16)19(17,18)14-7-4-5(11)2-3-6(7)12/h2-4,14H,1H3. The number of rotatable bonds is 3. The molecule has 1 heterocycles. The second-order valence-electron chi connectivity index (χ2n) is 3.54. The van der Waals surface area contributed by atoms with Crippen LogP contribution in [0.4, 0.5) is 10.1 Å². The first-order valence-electron chi connectivity index (χ1n) is 4.84. The van der Waals surface area contributed by atoms with Gasteiger partial charge in [-0.1, -0.05) is 16.8 Å². The van der Waals surface area contributed by atoms with Crippen LogP contribution in [0.25, 0.3) is 0 Å². The van der Waals surface area contributed by atoms with E-state index < -0.39 is 15.8 Å². The van der Waals surface area contributed by atoms with E-state index >= 15 is 0 Å². The Labute approximate surface area is 121 Å². The molecule has 0 fully saturated rings. The molecule has 0 aliphatic carbocycles. The van der Waals surface area contributed by atoms with Crippen LogP contribution < -0.4 is 4.72 Å². The van der Waals surface area contributed by atoms with Crippen LogP contribution in [-0.4, -0.2) is 23.4 Å². The SMILES string of the molecule is Cn1nnc(Br)c1S(=O)(=O)Nc1cc(Cl)ccc1F. The maximum Gasteiger partial charge on any atom is 0.282 e. The third-order valence-electron chi connectivity index (χ3n) is 2.16. The zero-order chi connectivity index (χ0) is 14.2. The highest BCUT2D eigenvalue weighted by Gasteiger charge is 2.25. The van der Waals surface area contributed by atoms with E-state index in [0.717, 1.165) is 10.7 Å². The number of aromatic nitrogens is 3. The van der Waals surface area contributed by atoms with Crippen molar-refractivity contribution in [3.8, 4) is 0 Å². The van der Waals surface area contributed by atoms with Crippen LogP contribution >= 0.6 is 27.5 Å². The van der Waals surface area contributed by atoms with Gasteiger partial charge >= 0.3 is 0 Å². The summed E-state index contributed by atoms with van der Waals surface area (Å²) in [5.41, 5.74) is -0.249. The monoisotopic (exact) mass is 368 g/mol. The predicted molar refractivity (Wildman–Crippen MR) is 70.9 cm³/mol. The summed E-state index contributed by atoms with van der Waals surface area (Å²) in [6.07, 6.45) is 0. The van der Waals surface area contributed by atoms with Crippen molar-refractivity contribution in [3.05, 3.63) is 33.6 Å². The topological polar surface area (TPSA) is 76.9 Å². The van der Waals surface area contributed by atoms with Crippen molar-refractivity contribution in [2.75, 3.05) is 4.72 Å². The lowest BCUT2D eigenvalue weighted by atomic mass is 10.3. The summed E-state index contributed by atoms with van der Waals surface area (Å²) in [7, 11) is -2.62. The van der Waals surface area contributed by atoms with Crippen molar-refractivity contribution >= 4 is 43.2 Å². The molecule has 10 heteroatoms. The van der Waals surface area contributed by atoms with E-state index in [9.17, 15) is 12.8 Å². The molecule has 102 valence electrons. The summed E-state index contributed by atoms with van der Waals surface area (Å²) in [5, 5.41) is 7.09. The van der Waals surface area contributed by atoms with Crippen molar-refractivity contribution in [1.82, 2.24) is 15.0 Å². The fraction of sp³-hybridized carbons (Fsp3) is 0.111. The van der Waals surface area contributed by atoms with Crippen LogP contribution in [0.2, 0.25) is 5.02 Å². The number of hydrogen-bond acceptors (Lipinski definition) is 4. The lowest BCUT2D eigenvalue weighted by Gasteiger charge is -2.09. The molecule has 1 N–H and O–H groups in total. The minimum atomic E-state index is -4.03. The average Bonchev–Trinajstić information content (AvgIpc) is 2.64. The van der Waals surface area contributed by atoms with Crippen LogP contribution in [0.15, 0.2) is 27.8 Å². The van der Waals surface area contributed by atoms with Gasteiger partial charge < -0.3 is 0 Å². The Hall–Kier alpha value is -1.19. The van der Waals surface area contributed by atoms with Gasteiger partial charge in [0.25, 0.3) is 10.0 Å². The largest absolute Gasteiger partial charge is 0.282 e. The molecule has 6 nitrogen and oxygen atoms in total. The van der Waals surface area contributed by atoms with Gasteiger partial charge in [0.2, 0.25) is 5.03 Å². The number of nitrogens with one attached hydrogen (secondary N) is 1. The first-order chi connectivity index (χ1) is 8.81. The van der Waals surface area contributed by atoms with Gasteiger partial charge in [0.05, 0.1) is 5.69 Å². The first-order valence-corrected chi connectivity index (χ1v) is 7.50. The molecule has 0 saturated heterocycles. The van der Waals surface area contributed by atoms with E-state index in [0.29, 0.717) is 0 Å². The molecule has 0 aliphatic rings. The van der Waals surface area contributed by atoms with Crippen LogP contribution in [0.3, 0.4) is 0 Å². The number of hydrogen-bond donors (Lipinski definition) is 1. The fourth-order valence-corrected chi connectivity index (χ4v) is 3.71. The maximum atomic E-state index is 13.5. The number of aryl methyl sites for hydroxylation is 1. The normalized spacial score (nSPS) is 11.6. The van der Waals surface area contributed by atoms with Gasteiger partial charge in [-0.05, 0) is 34.1 Å². The second kappa shape index (κ2) is 5.06. The molecular weight excluding hydrogens is 363 g/mol. The fourth-order valence-electron chi connectivity index (χ4n) is 1.38. The summed E-state index contributed by atoms with van der Waals surface area (Å²) in [6.45, 7) is 0. The molecule has 0 unspecified atom stereocenters. The van der Waals surface area contributed by atoms with E-state index in [-0.39, 0.29) is 20.3 Å². The van der Waals surface area contributed by atoms with E-state index in [2.05, 4.69) is 31.0 Å². The summed E-state index contributed by atoms with van der Waals surface area (Å²) in [4.78, 5) is 0. The number of anilines is 1. The predicted octanol–water partition coefficient (Wildman–Crippen LogP) is 2.17. The van der Waals surface area contributed by atoms with E-state index in [4.69, 9.17) is 11.6 Å². The molecule has 0 spiro atoms. The number of benzene rings is 1. The van der Waals surface area contributed by atoms with Gasteiger partial charge in [-0.15, -0.1) is 5.10 Å². The third kappa shape index (κ3) is 2.88. The molecule has 1 aromatic carbocycles. The molecule has 1 aromatic heterocycles. The highest BCUT2D eigenvalue weighted by molar-refractivity contribution is 9.10. The average molecular weight is 370 g/mol. The molecule has 0 aliphatic heterocycles. The molecule has 0 saturated carbocycles. The lowest BCUT2D eigenvalue weighted by molar-refractivity contribution is 0.577. The van der Waals surface area contributed by atoms with Gasteiger partial charge in [0, 0.05) is 12.1 Å². The van der Waals surface area contributed by atoms with Gasteiger partial charge in [-0.25, -0.2) is 9.07 Å². The summed E-state index contributed by atoms with van der Waals surface area (Å²) in [5.74, 6) is -0.737. The number of halogens is 3. The van der Waals surface area contributed by atoms with Crippen molar-refractivity contribution in [2.24, 2.45) is 7.05 Å². The smallest absolute Gasteiger partial charge is 0.275 e. The van der Waals surface area contributed by atoms with Gasteiger partial charge in [0.1, 0.15) is 5.82 Å². The molecular formula is C9H7BrClFN4O2S. The Bertz CT molecular complexity index is 714. The molecule has 0 atom stereocenters.